The maximum Gasteiger partial charge on any atom is 0.263 e. The SMILES string of the molecule is CN(C)C(=O)c1sc2ccccc2c1[C@@H]1CCN(Cc2cccc3cccnc23)C1. The highest BCUT2D eigenvalue weighted by molar-refractivity contribution is 7.21. The predicted octanol–water partition coefficient (Wildman–Crippen LogP) is 5.14. The van der Waals surface area contributed by atoms with Crippen LogP contribution in [0.3, 0.4) is 0 Å². The number of carbonyl (C=O) groups excluding carboxylic acids is 1. The van der Waals surface area contributed by atoms with Gasteiger partial charge in [-0.05, 0) is 41.6 Å². The first-order valence-electron chi connectivity index (χ1n) is 10.4. The minimum atomic E-state index is 0.114. The first-order valence-corrected chi connectivity index (χ1v) is 11.2. The molecule has 0 radical (unpaired) electrons. The van der Waals surface area contributed by atoms with E-state index < -0.39 is 0 Å². The fourth-order valence-electron chi connectivity index (χ4n) is 4.58. The fraction of sp³-hybridized carbons (Fsp3) is 0.280. The summed E-state index contributed by atoms with van der Waals surface area (Å²) in [6.45, 7) is 2.90. The maximum absolute atomic E-state index is 12.9. The number of pyridine rings is 1. The minimum absolute atomic E-state index is 0.114. The van der Waals surface area contributed by atoms with Crippen LogP contribution >= 0.6 is 11.3 Å². The first kappa shape index (κ1) is 19.2. The molecule has 1 aliphatic heterocycles. The Morgan fingerprint density at radius 2 is 1.97 bits per heavy atom. The Labute approximate surface area is 180 Å². The van der Waals surface area contributed by atoms with Crippen LogP contribution in [0, 0.1) is 0 Å². The van der Waals surface area contributed by atoms with Gasteiger partial charge < -0.3 is 4.90 Å². The van der Waals surface area contributed by atoms with Crippen molar-refractivity contribution in [1.29, 1.82) is 0 Å². The molecule has 1 aliphatic rings. The number of benzene rings is 2. The van der Waals surface area contributed by atoms with Crippen LogP contribution in [0.25, 0.3) is 21.0 Å². The van der Waals surface area contributed by atoms with Gasteiger partial charge in [0, 0.05) is 49.4 Å². The Balaban J connectivity index is 1.45. The van der Waals surface area contributed by atoms with Crippen LogP contribution in [0.15, 0.2) is 60.8 Å². The molecule has 3 heterocycles. The number of carbonyl (C=O) groups is 1. The summed E-state index contributed by atoms with van der Waals surface area (Å²) in [5.74, 6) is 0.492. The molecule has 0 bridgehead atoms. The maximum atomic E-state index is 12.9. The quantitative estimate of drug-likeness (QED) is 0.463. The Bertz CT molecular complexity index is 1220. The van der Waals surface area contributed by atoms with Crippen molar-refractivity contribution >= 4 is 38.2 Å². The van der Waals surface area contributed by atoms with Crippen LogP contribution in [0.5, 0.6) is 0 Å². The molecular weight excluding hydrogens is 390 g/mol. The van der Waals surface area contributed by atoms with E-state index in [4.69, 9.17) is 0 Å². The summed E-state index contributed by atoms with van der Waals surface area (Å²) in [7, 11) is 3.68. The summed E-state index contributed by atoms with van der Waals surface area (Å²) in [6.07, 6.45) is 2.95. The number of rotatable bonds is 4. The lowest BCUT2D eigenvalue weighted by atomic mass is 9.95. The van der Waals surface area contributed by atoms with Crippen molar-refractivity contribution in [2.45, 2.75) is 18.9 Å². The predicted molar refractivity (Wildman–Crippen MR) is 124 cm³/mol. The molecule has 5 rings (SSSR count). The molecule has 0 unspecified atom stereocenters. The summed E-state index contributed by atoms with van der Waals surface area (Å²) < 4.78 is 1.20. The van der Waals surface area contributed by atoms with Gasteiger partial charge in [0.25, 0.3) is 5.91 Å². The summed E-state index contributed by atoms with van der Waals surface area (Å²) in [5.41, 5.74) is 3.61. The van der Waals surface area contributed by atoms with Gasteiger partial charge in [-0.25, -0.2) is 0 Å². The van der Waals surface area contributed by atoms with E-state index in [1.807, 2.05) is 26.4 Å². The molecule has 30 heavy (non-hydrogen) atoms. The molecule has 2 aromatic carbocycles. The number of fused-ring (bicyclic) bond motifs is 2. The topological polar surface area (TPSA) is 36.4 Å². The standard InChI is InChI=1S/C25H25N3OS/c1-27(2)25(29)24-22(20-10-3-4-11-21(20)30-24)18-12-14-28(15-18)16-19-8-5-7-17-9-6-13-26-23(17)19/h3-11,13,18H,12,14-16H2,1-2H3/t18-/m1/s1. The van der Waals surface area contributed by atoms with Crippen LogP contribution in [0.2, 0.25) is 0 Å². The third-order valence-corrected chi connectivity index (χ3v) is 7.20. The molecular formula is C25H25N3OS. The van der Waals surface area contributed by atoms with E-state index in [-0.39, 0.29) is 5.91 Å². The summed E-state index contributed by atoms with van der Waals surface area (Å²) in [6, 6.07) is 19.0. The minimum Gasteiger partial charge on any atom is -0.344 e. The van der Waals surface area contributed by atoms with Crippen molar-refractivity contribution in [3.05, 3.63) is 76.8 Å². The van der Waals surface area contributed by atoms with Gasteiger partial charge in [-0.1, -0.05) is 42.5 Å². The highest BCUT2D eigenvalue weighted by atomic mass is 32.1. The van der Waals surface area contributed by atoms with Crippen molar-refractivity contribution in [2.75, 3.05) is 27.2 Å². The van der Waals surface area contributed by atoms with E-state index in [2.05, 4.69) is 58.4 Å². The second-order valence-electron chi connectivity index (χ2n) is 8.25. The van der Waals surface area contributed by atoms with Crippen molar-refractivity contribution in [2.24, 2.45) is 0 Å². The van der Waals surface area contributed by atoms with Crippen molar-refractivity contribution in [3.8, 4) is 0 Å². The second-order valence-corrected chi connectivity index (χ2v) is 9.31. The smallest absolute Gasteiger partial charge is 0.263 e. The zero-order valence-electron chi connectivity index (χ0n) is 17.3. The van der Waals surface area contributed by atoms with Crippen LogP contribution in [0.1, 0.15) is 33.1 Å². The number of para-hydroxylation sites is 1. The summed E-state index contributed by atoms with van der Waals surface area (Å²) >= 11 is 1.63. The molecule has 152 valence electrons. The molecule has 1 saturated heterocycles. The Morgan fingerprint density at radius 1 is 1.13 bits per heavy atom. The molecule has 4 nitrogen and oxygen atoms in total. The number of nitrogens with zero attached hydrogens (tertiary/aromatic N) is 3. The normalized spacial score (nSPS) is 17.1. The molecule has 4 aromatic rings. The largest absolute Gasteiger partial charge is 0.344 e. The van der Waals surface area contributed by atoms with Gasteiger partial charge >= 0.3 is 0 Å². The van der Waals surface area contributed by atoms with Gasteiger partial charge in [-0.2, -0.15) is 0 Å². The number of thiophene rings is 1. The number of hydrogen-bond acceptors (Lipinski definition) is 4. The molecule has 0 saturated carbocycles. The van der Waals surface area contributed by atoms with Crippen LogP contribution < -0.4 is 0 Å². The van der Waals surface area contributed by atoms with Crippen molar-refractivity contribution in [1.82, 2.24) is 14.8 Å². The zero-order chi connectivity index (χ0) is 20.7. The number of amides is 1. The molecule has 1 atom stereocenters. The average molecular weight is 416 g/mol. The number of aromatic nitrogens is 1. The highest BCUT2D eigenvalue weighted by Gasteiger charge is 2.31. The van der Waals surface area contributed by atoms with E-state index in [1.165, 1.54) is 26.6 Å². The first-order chi connectivity index (χ1) is 14.6. The van der Waals surface area contributed by atoms with Crippen molar-refractivity contribution in [3.63, 3.8) is 0 Å². The van der Waals surface area contributed by atoms with Crippen LogP contribution in [0.4, 0.5) is 0 Å². The van der Waals surface area contributed by atoms with Gasteiger partial charge in [-0.3, -0.25) is 14.7 Å². The van der Waals surface area contributed by atoms with E-state index >= 15 is 0 Å². The molecule has 0 N–H and O–H groups in total. The van der Waals surface area contributed by atoms with E-state index in [0.717, 1.165) is 36.4 Å². The summed E-state index contributed by atoms with van der Waals surface area (Å²) in [5, 5.41) is 2.43. The fourth-order valence-corrected chi connectivity index (χ4v) is 5.89. The molecule has 0 spiro atoms. The Kier molecular flexibility index (Phi) is 5.01. The van der Waals surface area contributed by atoms with E-state index in [1.54, 1.807) is 16.2 Å². The zero-order valence-corrected chi connectivity index (χ0v) is 18.2. The van der Waals surface area contributed by atoms with Crippen LogP contribution in [-0.2, 0) is 6.54 Å². The van der Waals surface area contributed by atoms with Gasteiger partial charge in [0.05, 0.1) is 10.4 Å². The van der Waals surface area contributed by atoms with Gasteiger partial charge in [-0.15, -0.1) is 11.3 Å². The van der Waals surface area contributed by atoms with E-state index in [9.17, 15) is 4.79 Å². The number of likely N-dealkylation sites (tertiary alicyclic amines) is 1. The van der Waals surface area contributed by atoms with E-state index in [0.29, 0.717) is 5.92 Å². The van der Waals surface area contributed by atoms with Crippen molar-refractivity contribution < 1.29 is 4.79 Å². The molecule has 5 heteroatoms. The third kappa shape index (κ3) is 3.38. The average Bonchev–Trinajstić information content (AvgIpc) is 3.37. The molecule has 2 aromatic heterocycles. The molecule has 1 amide bonds. The lowest BCUT2D eigenvalue weighted by molar-refractivity contribution is 0.0831. The Morgan fingerprint density at radius 3 is 2.83 bits per heavy atom. The van der Waals surface area contributed by atoms with Gasteiger partial charge in [0.2, 0.25) is 0 Å². The van der Waals surface area contributed by atoms with Crippen LogP contribution in [-0.4, -0.2) is 47.9 Å². The number of hydrogen-bond donors (Lipinski definition) is 0. The molecule has 0 aliphatic carbocycles. The van der Waals surface area contributed by atoms with Gasteiger partial charge in [0.15, 0.2) is 0 Å². The Hall–Kier alpha value is -2.76. The highest BCUT2D eigenvalue weighted by Crippen LogP contribution is 2.40. The van der Waals surface area contributed by atoms with Gasteiger partial charge in [0.1, 0.15) is 0 Å². The lowest BCUT2D eigenvalue weighted by Crippen LogP contribution is -2.23. The monoisotopic (exact) mass is 415 g/mol. The second kappa shape index (κ2) is 7.82. The molecule has 1 fully saturated rings. The third-order valence-electron chi connectivity index (χ3n) is 6.03. The lowest BCUT2D eigenvalue weighted by Gasteiger charge is -2.18. The summed E-state index contributed by atoms with van der Waals surface area (Å²) in [4.78, 5) is 22.6.